The third kappa shape index (κ3) is 3.45. The summed E-state index contributed by atoms with van der Waals surface area (Å²) >= 11 is 5.82. The van der Waals surface area contributed by atoms with Crippen molar-refractivity contribution in [3.63, 3.8) is 0 Å². The number of ether oxygens (including phenoxy) is 1. The van der Waals surface area contributed by atoms with Gasteiger partial charge in [0.2, 0.25) is 0 Å². The van der Waals surface area contributed by atoms with Crippen LogP contribution in [0.15, 0.2) is 42.6 Å². The average molecular weight is 263 g/mol. The Labute approximate surface area is 112 Å². The van der Waals surface area contributed by atoms with Crippen molar-refractivity contribution in [2.75, 3.05) is 12.4 Å². The van der Waals surface area contributed by atoms with E-state index >= 15 is 0 Å². The van der Waals surface area contributed by atoms with E-state index in [1.807, 2.05) is 43.4 Å². The normalized spacial score (nSPS) is 10.3. The summed E-state index contributed by atoms with van der Waals surface area (Å²) < 4.78 is 5.67. The summed E-state index contributed by atoms with van der Waals surface area (Å²) in [5.41, 5.74) is 2.16. The minimum Gasteiger partial charge on any atom is -0.373 e. The molecule has 4 heteroatoms. The third-order valence-electron chi connectivity index (χ3n) is 2.57. The lowest BCUT2D eigenvalue weighted by atomic mass is 10.2. The maximum atomic E-state index is 5.82. The molecular weight excluding hydrogens is 248 g/mol. The fourth-order valence-electron chi connectivity index (χ4n) is 1.64. The predicted molar refractivity (Wildman–Crippen MR) is 73.7 cm³/mol. The first kappa shape index (κ1) is 12.9. The molecule has 1 aromatic heterocycles. The highest BCUT2D eigenvalue weighted by Crippen LogP contribution is 2.14. The number of benzene rings is 1. The molecule has 0 saturated carbocycles. The van der Waals surface area contributed by atoms with Crippen LogP contribution in [-0.2, 0) is 18.0 Å². The molecule has 0 bridgehead atoms. The second-order valence-electron chi connectivity index (χ2n) is 3.88. The monoisotopic (exact) mass is 262 g/mol. The van der Waals surface area contributed by atoms with Crippen LogP contribution in [0.5, 0.6) is 0 Å². The molecule has 1 N–H and O–H groups in total. The smallest absolute Gasteiger partial charge is 0.131 e. The number of halogens is 1. The van der Waals surface area contributed by atoms with E-state index in [0.717, 1.165) is 22.0 Å². The summed E-state index contributed by atoms with van der Waals surface area (Å²) in [5, 5.41) is 3.78. The van der Waals surface area contributed by atoms with Crippen LogP contribution in [0.25, 0.3) is 0 Å². The van der Waals surface area contributed by atoms with Gasteiger partial charge in [-0.3, -0.25) is 0 Å². The number of pyridine rings is 1. The first-order valence-electron chi connectivity index (χ1n) is 5.73. The second-order valence-corrected chi connectivity index (χ2v) is 4.32. The Bertz CT molecular complexity index is 499. The van der Waals surface area contributed by atoms with Crippen molar-refractivity contribution in [3.05, 3.63) is 58.7 Å². The summed E-state index contributed by atoms with van der Waals surface area (Å²) in [6.45, 7) is 1.10. The molecule has 0 aliphatic rings. The van der Waals surface area contributed by atoms with Gasteiger partial charge in [0.15, 0.2) is 0 Å². The minimum atomic E-state index is 0.534. The van der Waals surface area contributed by atoms with E-state index in [1.54, 1.807) is 6.20 Å². The Kier molecular flexibility index (Phi) is 4.56. The van der Waals surface area contributed by atoms with Gasteiger partial charge in [0.05, 0.1) is 13.2 Å². The largest absolute Gasteiger partial charge is 0.373 e. The van der Waals surface area contributed by atoms with Gasteiger partial charge in [0.1, 0.15) is 5.82 Å². The zero-order chi connectivity index (χ0) is 12.8. The van der Waals surface area contributed by atoms with Crippen LogP contribution in [0, 0.1) is 0 Å². The molecule has 0 amide bonds. The third-order valence-corrected chi connectivity index (χ3v) is 2.82. The zero-order valence-electron chi connectivity index (χ0n) is 10.2. The van der Waals surface area contributed by atoms with Crippen molar-refractivity contribution in [1.29, 1.82) is 0 Å². The number of hydrogen-bond acceptors (Lipinski definition) is 3. The van der Waals surface area contributed by atoms with E-state index in [2.05, 4.69) is 10.3 Å². The van der Waals surface area contributed by atoms with Gasteiger partial charge in [-0.2, -0.15) is 0 Å². The van der Waals surface area contributed by atoms with Gasteiger partial charge in [-0.05, 0) is 23.8 Å². The summed E-state index contributed by atoms with van der Waals surface area (Å²) in [5.74, 6) is 0.855. The van der Waals surface area contributed by atoms with Crippen molar-refractivity contribution in [3.8, 4) is 0 Å². The molecular formula is C14H15ClN2O. The number of rotatable bonds is 5. The van der Waals surface area contributed by atoms with Crippen LogP contribution in [0.4, 0.5) is 5.82 Å². The molecule has 0 aliphatic carbocycles. The predicted octanol–water partition coefficient (Wildman–Crippen LogP) is 3.49. The molecule has 94 valence electrons. The SMILES string of the molecule is CNc1ncccc1COCc1ccc(Cl)cc1. The first-order chi connectivity index (χ1) is 8.79. The maximum absolute atomic E-state index is 5.82. The van der Waals surface area contributed by atoms with Gasteiger partial charge in [0.25, 0.3) is 0 Å². The van der Waals surface area contributed by atoms with Crippen LogP contribution >= 0.6 is 11.6 Å². The van der Waals surface area contributed by atoms with Crippen molar-refractivity contribution in [2.45, 2.75) is 13.2 Å². The number of hydrogen-bond donors (Lipinski definition) is 1. The average Bonchev–Trinajstić information content (AvgIpc) is 2.41. The maximum Gasteiger partial charge on any atom is 0.131 e. The molecule has 0 unspecified atom stereocenters. The Balaban J connectivity index is 1.90. The molecule has 0 radical (unpaired) electrons. The number of nitrogens with zero attached hydrogens (tertiary/aromatic N) is 1. The molecule has 2 rings (SSSR count). The fourth-order valence-corrected chi connectivity index (χ4v) is 1.77. The van der Waals surface area contributed by atoms with Crippen molar-refractivity contribution in [2.24, 2.45) is 0 Å². The highest BCUT2D eigenvalue weighted by molar-refractivity contribution is 6.30. The number of aromatic nitrogens is 1. The van der Waals surface area contributed by atoms with Gasteiger partial charge in [-0.15, -0.1) is 0 Å². The van der Waals surface area contributed by atoms with Gasteiger partial charge < -0.3 is 10.1 Å². The molecule has 2 aromatic rings. The van der Waals surface area contributed by atoms with Gasteiger partial charge in [0, 0.05) is 23.8 Å². The van der Waals surface area contributed by atoms with Crippen LogP contribution in [0.2, 0.25) is 5.02 Å². The van der Waals surface area contributed by atoms with Crippen molar-refractivity contribution >= 4 is 17.4 Å². The molecule has 1 heterocycles. The second kappa shape index (κ2) is 6.38. The van der Waals surface area contributed by atoms with E-state index in [-0.39, 0.29) is 0 Å². The molecule has 1 aromatic carbocycles. The Morgan fingerprint density at radius 3 is 2.67 bits per heavy atom. The van der Waals surface area contributed by atoms with Crippen LogP contribution in [0.1, 0.15) is 11.1 Å². The quantitative estimate of drug-likeness (QED) is 0.896. The van der Waals surface area contributed by atoms with E-state index < -0.39 is 0 Å². The van der Waals surface area contributed by atoms with Crippen LogP contribution in [-0.4, -0.2) is 12.0 Å². The minimum absolute atomic E-state index is 0.534. The fraction of sp³-hybridized carbons (Fsp3) is 0.214. The standard InChI is InChI=1S/C14H15ClN2O/c1-16-14-12(3-2-8-17-14)10-18-9-11-4-6-13(15)7-5-11/h2-8H,9-10H2,1H3,(H,16,17). The Hall–Kier alpha value is -1.58. The Morgan fingerprint density at radius 2 is 1.94 bits per heavy atom. The van der Waals surface area contributed by atoms with E-state index in [4.69, 9.17) is 16.3 Å². The Morgan fingerprint density at radius 1 is 1.17 bits per heavy atom. The lowest BCUT2D eigenvalue weighted by Gasteiger charge is -2.08. The van der Waals surface area contributed by atoms with Crippen molar-refractivity contribution < 1.29 is 4.74 Å². The summed E-state index contributed by atoms with van der Waals surface area (Å²) in [6, 6.07) is 11.6. The molecule has 0 spiro atoms. The lowest BCUT2D eigenvalue weighted by molar-refractivity contribution is 0.107. The summed E-state index contributed by atoms with van der Waals surface area (Å²) in [6.07, 6.45) is 1.76. The molecule has 3 nitrogen and oxygen atoms in total. The molecule has 0 aliphatic heterocycles. The lowest BCUT2D eigenvalue weighted by Crippen LogP contribution is -2.00. The highest BCUT2D eigenvalue weighted by Gasteiger charge is 2.01. The van der Waals surface area contributed by atoms with Gasteiger partial charge >= 0.3 is 0 Å². The molecule has 0 saturated heterocycles. The summed E-state index contributed by atoms with van der Waals surface area (Å²) in [4.78, 5) is 4.23. The highest BCUT2D eigenvalue weighted by atomic mass is 35.5. The van der Waals surface area contributed by atoms with Crippen LogP contribution in [0.3, 0.4) is 0 Å². The van der Waals surface area contributed by atoms with Crippen LogP contribution < -0.4 is 5.32 Å². The number of anilines is 1. The van der Waals surface area contributed by atoms with Gasteiger partial charge in [-0.1, -0.05) is 29.8 Å². The summed E-state index contributed by atoms with van der Waals surface area (Å²) in [7, 11) is 1.85. The molecule has 18 heavy (non-hydrogen) atoms. The topological polar surface area (TPSA) is 34.2 Å². The molecule has 0 fully saturated rings. The van der Waals surface area contributed by atoms with E-state index in [1.165, 1.54) is 0 Å². The first-order valence-corrected chi connectivity index (χ1v) is 6.11. The van der Waals surface area contributed by atoms with E-state index in [0.29, 0.717) is 13.2 Å². The van der Waals surface area contributed by atoms with Gasteiger partial charge in [-0.25, -0.2) is 4.98 Å². The number of nitrogens with one attached hydrogen (secondary N) is 1. The zero-order valence-corrected chi connectivity index (χ0v) is 10.9. The molecule has 0 atom stereocenters. The van der Waals surface area contributed by atoms with Crippen molar-refractivity contribution in [1.82, 2.24) is 4.98 Å². The van der Waals surface area contributed by atoms with E-state index in [9.17, 15) is 0 Å².